The molecule has 260 valence electrons. The molecule has 10 heteroatoms. The van der Waals surface area contributed by atoms with Crippen LogP contribution in [0.5, 0.6) is 0 Å². The van der Waals surface area contributed by atoms with Gasteiger partial charge in [0.15, 0.2) is 0 Å². The molecule has 0 aromatic carbocycles. The first-order chi connectivity index (χ1) is 21.4. The molecule has 0 fully saturated rings. The molecule has 10 nitrogen and oxygen atoms in total. The maximum Gasteiger partial charge on any atom is 0.0701 e. The number of hydrogen-bond acceptors (Lipinski definition) is 10. The van der Waals surface area contributed by atoms with Crippen LogP contribution in [0.15, 0.2) is 0 Å². The minimum absolute atomic E-state index is 0.535. The van der Waals surface area contributed by atoms with Crippen molar-refractivity contribution in [2.75, 3.05) is 132 Å². The molecule has 0 aromatic rings. The zero-order valence-corrected chi connectivity index (χ0v) is 28.0. The summed E-state index contributed by atoms with van der Waals surface area (Å²) in [5.74, 6) is 0. The lowest BCUT2D eigenvalue weighted by atomic mass is 10.1. The molecule has 0 radical (unpaired) electrons. The summed E-state index contributed by atoms with van der Waals surface area (Å²) in [6, 6.07) is 0. The Morgan fingerprint density at radius 2 is 0.349 bits per heavy atom. The van der Waals surface area contributed by atoms with Crippen LogP contribution in [-0.4, -0.2) is 132 Å². The van der Waals surface area contributed by atoms with Gasteiger partial charge in [0.1, 0.15) is 0 Å². The number of ether oxygens (including phenoxy) is 10. The lowest BCUT2D eigenvalue weighted by molar-refractivity contribution is -0.0264. The van der Waals surface area contributed by atoms with Crippen molar-refractivity contribution in [2.24, 2.45) is 0 Å². The van der Waals surface area contributed by atoms with Crippen molar-refractivity contribution < 1.29 is 47.4 Å². The molecule has 43 heavy (non-hydrogen) atoms. The lowest BCUT2D eigenvalue weighted by Gasteiger charge is -2.09. The SMILES string of the molecule is CCCCCCCCOCCOCCOCCOCCOCCOCCOCCOCCOCCOCCCCCCC. The molecule has 0 aliphatic carbocycles. The van der Waals surface area contributed by atoms with E-state index in [1.54, 1.807) is 0 Å². The van der Waals surface area contributed by atoms with E-state index < -0.39 is 0 Å². The van der Waals surface area contributed by atoms with E-state index in [1.165, 1.54) is 57.8 Å². The standard InChI is InChI=1S/C33H68O10/c1-3-5-7-9-11-13-15-35-17-19-37-21-23-39-25-27-41-29-31-43-33-32-42-30-28-40-26-24-38-22-20-36-18-16-34-14-12-10-8-6-4-2/h3-33H2,1-2H3. The largest absolute Gasteiger partial charge is 0.379 e. The molecule has 0 saturated carbocycles. The van der Waals surface area contributed by atoms with E-state index in [1.807, 2.05) is 0 Å². The molecule has 0 unspecified atom stereocenters. The van der Waals surface area contributed by atoms with E-state index in [4.69, 9.17) is 47.4 Å². The molecule has 0 rings (SSSR count). The van der Waals surface area contributed by atoms with Crippen molar-refractivity contribution in [3.63, 3.8) is 0 Å². The highest BCUT2D eigenvalue weighted by atomic mass is 16.6. The van der Waals surface area contributed by atoms with Gasteiger partial charge in [0.05, 0.1) is 119 Å². The van der Waals surface area contributed by atoms with Crippen LogP contribution in [0.1, 0.15) is 84.5 Å². The third-order valence-corrected chi connectivity index (χ3v) is 6.38. The quantitative estimate of drug-likeness (QED) is 0.0816. The Kier molecular flexibility index (Phi) is 41.2. The molecule has 0 atom stereocenters. The van der Waals surface area contributed by atoms with Crippen molar-refractivity contribution >= 4 is 0 Å². The topological polar surface area (TPSA) is 92.3 Å². The van der Waals surface area contributed by atoms with Crippen molar-refractivity contribution in [1.82, 2.24) is 0 Å². The molecule has 0 aliphatic rings. The van der Waals surface area contributed by atoms with E-state index in [0.717, 1.165) is 26.1 Å². The predicted molar refractivity (Wildman–Crippen MR) is 170 cm³/mol. The Hall–Kier alpha value is -0.400. The zero-order chi connectivity index (χ0) is 31.0. The second kappa shape index (κ2) is 41.6. The summed E-state index contributed by atoms with van der Waals surface area (Å²) < 4.78 is 55.1. The maximum absolute atomic E-state index is 5.59. The number of hydrogen-bond donors (Lipinski definition) is 0. The third-order valence-electron chi connectivity index (χ3n) is 6.38. The van der Waals surface area contributed by atoms with Crippen LogP contribution in [0, 0.1) is 0 Å². The highest BCUT2D eigenvalue weighted by Crippen LogP contribution is 2.05. The fourth-order valence-corrected chi connectivity index (χ4v) is 3.87. The average molecular weight is 625 g/mol. The average Bonchev–Trinajstić information content (AvgIpc) is 3.02. The van der Waals surface area contributed by atoms with Crippen molar-refractivity contribution in [3.8, 4) is 0 Å². The summed E-state index contributed by atoms with van der Waals surface area (Å²) in [6.07, 6.45) is 14.0. The summed E-state index contributed by atoms with van der Waals surface area (Å²) in [7, 11) is 0. The van der Waals surface area contributed by atoms with E-state index in [-0.39, 0.29) is 0 Å². The minimum Gasteiger partial charge on any atom is -0.379 e. The first-order valence-electron chi connectivity index (χ1n) is 17.2. The number of unbranched alkanes of at least 4 members (excludes halogenated alkanes) is 9. The van der Waals surface area contributed by atoms with Gasteiger partial charge >= 0.3 is 0 Å². The normalized spacial score (nSPS) is 11.6. The second-order valence-electron chi connectivity index (χ2n) is 10.3. The smallest absolute Gasteiger partial charge is 0.0701 e. The Labute approximate surface area is 264 Å². The van der Waals surface area contributed by atoms with Gasteiger partial charge in [-0.2, -0.15) is 0 Å². The van der Waals surface area contributed by atoms with Gasteiger partial charge in [0.2, 0.25) is 0 Å². The minimum atomic E-state index is 0.535. The van der Waals surface area contributed by atoms with Crippen molar-refractivity contribution in [3.05, 3.63) is 0 Å². The molecular formula is C33H68O10. The van der Waals surface area contributed by atoms with Gasteiger partial charge in [0.25, 0.3) is 0 Å². The summed E-state index contributed by atoms with van der Waals surface area (Å²) in [6.45, 7) is 16.4. The highest BCUT2D eigenvalue weighted by molar-refractivity contribution is 4.44. The Balaban J connectivity index is 3.02. The Bertz CT molecular complexity index is 433. The van der Waals surface area contributed by atoms with Crippen molar-refractivity contribution in [2.45, 2.75) is 84.5 Å². The fraction of sp³-hybridized carbons (Fsp3) is 1.00. The first kappa shape index (κ1) is 42.6. The van der Waals surface area contributed by atoms with Crippen LogP contribution >= 0.6 is 0 Å². The van der Waals surface area contributed by atoms with Crippen LogP contribution in [0.4, 0.5) is 0 Å². The van der Waals surface area contributed by atoms with Gasteiger partial charge in [-0.15, -0.1) is 0 Å². The maximum atomic E-state index is 5.59. The molecule has 0 N–H and O–H groups in total. The van der Waals surface area contributed by atoms with Crippen molar-refractivity contribution in [1.29, 1.82) is 0 Å². The molecule has 0 aromatic heterocycles. The first-order valence-corrected chi connectivity index (χ1v) is 17.2. The summed E-state index contributed by atoms with van der Waals surface area (Å²) >= 11 is 0. The molecular weight excluding hydrogens is 556 g/mol. The van der Waals surface area contributed by atoms with Crippen LogP contribution < -0.4 is 0 Å². The molecule has 0 bridgehead atoms. The summed E-state index contributed by atoms with van der Waals surface area (Å²) in [5.41, 5.74) is 0. The van der Waals surface area contributed by atoms with Crippen LogP contribution in [0.3, 0.4) is 0 Å². The molecule has 0 spiro atoms. The number of rotatable bonds is 40. The zero-order valence-electron chi connectivity index (χ0n) is 28.0. The summed E-state index contributed by atoms with van der Waals surface area (Å²) in [4.78, 5) is 0. The van der Waals surface area contributed by atoms with E-state index in [9.17, 15) is 0 Å². The van der Waals surface area contributed by atoms with Crippen LogP contribution in [-0.2, 0) is 47.4 Å². The van der Waals surface area contributed by atoms with E-state index in [0.29, 0.717) is 119 Å². The molecule has 0 heterocycles. The van der Waals surface area contributed by atoms with E-state index >= 15 is 0 Å². The van der Waals surface area contributed by atoms with Gasteiger partial charge < -0.3 is 47.4 Å². The van der Waals surface area contributed by atoms with Gasteiger partial charge in [0, 0.05) is 13.2 Å². The highest BCUT2D eigenvalue weighted by Gasteiger charge is 1.97. The van der Waals surface area contributed by atoms with Gasteiger partial charge in [-0.3, -0.25) is 0 Å². The predicted octanol–water partition coefficient (Wildman–Crippen LogP) is 5.48. The fourth-order valence-electron chi connectivity index (χ4n) is 3.87. The monoisotopic (exact) mass is 624 g/mol. The lowest BCUT2D eigenvalue weighted by Crippen LogP contribution is -2.15. The Morgan fingerprint density at radius 3 is 0.558 bits per heavy atom. The molecule has 0 aliphatic heterocycles. The molecule has 0 saturated heterocycles. The third kappa shape index (κ3) is 41.6. The van der Waals surface area contributed by atoms with E-state index in [2.05, 4.69) is 13.8 Å². The van der Waals surface area contributed by atoms with Gasteiger partial charge in [-0.25, -0.2) is 0 Å². The molecule has 0 amide bonds. The Morgan fingerprint density at radius 1 is 0.186 bits per heavy atom. The van der Waals surface area contributed by atoms with Gasteiger partial charge in [-0.05, 0) is 12.8 Å². The van der Waals surface area contributed by atoms with Gasteiger partial charge in [-0.1, -0.05) is 71.6 Å². The summed E-state index contributed by atoms with van der Waals surface area (Å²) in [5, 5.41) is 0. The second-order valence-corrected chi connectivity index (χ2v) is 10.3. The van der Waals surface area contributed by atoms with Crippen LogP contribution in [0.25, 0.3) is 0 Å². The van der Waals surface area contributed by atoms with Crippen LogP contribution in [0.2, 0.25) is 0 Å².